The first kappa shape index (κ1) is 9.01. The third-order valence-electron chi connectivity index (χ3n) is 2.12. The van der Waals surface area contributed by atoms with Crippen molar-refractivity contribution >= 4 is 5.65 Å². The van der Waals surface area contributed by atoms with Gasteiger partial charge in [0.25, 0.3) is 0 Å². The van der Waals surface area contributed by atoms with Crippen LogP contribution in [0.3, 0.4) is 0 Å². The summed E-state index contributed by atoms with van der Waals surface area (Å²) in [7, 11) is 0. The SMILES string of the molecule is CCC(N)c1nc(C)c2nncn2n1. The van der Waals surface area contributed by atoms with Gasteiger partial charge >= 0.3 is 0 Å². The zero-order chi connectivity index (χ0) is 10.1. The molecule has 74 valence electrons. The number of fused-ring (bicyclic) bond motifs is 1. The summed E-state index contributed by atoms with van der Waals surface area (Å²) in [5.41, 5.74) is 7.32. The molecule has 0 saturated carbocycles. The molecule has 0 saturated heterocycles. The number of hydrogen-bond acceptors (Lipinski definition) is 5. The molecular formula is C8H12N6. The van der Waals surface area contributed by atoms with Crippen LogP contribution in [0, 0.1) is 6.92 Å². The molecule has 0 bridgehead atoms. The quantitative estimate of drug-likeness (QED) is 0.736. The molecule has 0 aliphatic heterocycles. The molecule has 2 aromatic rings. The van der Waals surface area contributed by atoms with Crippen LogP contribution in [0.1, 0.15) is 30.9 Å². The van der Waals surface area contributed by atoms with Gasteiger partial charge in [-0.05, 0) is 13.3 Å². The van der Waals surface area contributed by atoms with Crippen molar-refractivity contribution in [2.75, 3.05) is 0 Å². The summed E-state index contributed by atoms with van der Waals surface area (Å²) in [6.45, 7) is 3.87. The van der Waals surface area contributed by atoms with Crippen LogP contribution >= 0.6 is 0 Å². The van der Waals surface area contributed by atoms with E-state index in [0.717, 1.165) is 12.1 Å². The largest absolute Gasteiger partial charge is 0.321 e. The highest BCUT2D eigenvalue weighted by Crippen LogP contribution is 2.10. The van der Waals surface area contributed by atoms with Crippen LogP contribution in [0.5, 0.6) is 0 Å². The molecule has 0 radical (unpaired) electrons. The number of aromatic nitrogens is 5. The van der Waals surface area contributed by atoms with Gasteiger partial charge in [-0.1, -0.05) is 6.92 Å². The van der Waals surface area contributed by atoms with E-state index < -0.39 is 0 Å². The molecule has 6 heteroatoms. The van der Waals surface area contributed by atoms with Gasteiger partial charge in [0.2, 0.25) is 0 Å². The van der Waals surface area contributed by atoms with Crippen molar-refractivity contribution in [1.82, 2.24) is 24.8 Å². The van der Waals surface area contributed by atoms with E-state index in [1.165, 1.54) is 0 Å². The van der Waals surface area contributed by atoms with Gasteiger partial charge in [0.15, 0.2) is 11.5 Å². The van der Waals surface area contributed by atoms with E-state index in [4.69, 9.17) is 5.73 Å². The Labute approximate surface area is 81.2 Å². The molecule has 14 heavy (non-hydrogen) atoms. The lowest BCUT2D eigenvalue weighted by Gasteiger charge is -2.07. The topological polar surface area (TPSA) is 82.0 Å². The highest BCUT2D eigenvalue weighted by atomic mass is 15.4. The first-order valence-corrected chi connectivity index (χ1v) is 4.52. The van der Waals surface area contributed by atoms with E-state index in [9.17, 15) is 0 Å². The van der Waals surface area contributed by atoms with Gasteiger partial charge < -0.3 is 5.73 Å². The second-order valence-corrected chi connectivity index (χ2v) is 3.17. The molecule has 6 nitrogen and oxygen atoms in total. The fourth-order valence-corrected chi connectivity index (χ4v) is 1.24. The van der Waals surface area contributed by atoms with Crippen molar-refractivity contribution in [1.29, 1.82) is 0 Å². The minimum Gasteiger partial charge on any atom is -0.321 e. The lowest BCUT2D eigenvalue weighted by Crippen LogP contribution is -2.15. The number of rotatable bonds is 2. The Morgan fingerprint density at radius 2 is 2.36 bits per heavy atom. The molecule has 1 unspecified atom stereocenters. The van der Waals surface area contributed by atoms with Crippen molar-refractivity contribution in [3.63, 3.8) is 0 Å². The molecule has 0 spiro atoms. The predicted molar refractivity (Wildman–Crippen MR) is 50.5 cm³/mol. The van der Waals surface area contributed by atoms with E-state index in [0.29, 0.717) is 11.5 Å². The maximum Gasteiger partial charge on any atom is 0.198 e. The molecular weight excluding hydrogens is 180 g/mol. The maximum atomic E-state index is 5.84. The summed E-state index contributed by atoms with van der Waals surface area (Å²) in [5.74, 6) is 0.636. The average Bonchev–Trinajstić information content (AvgIpc) is 2.64. The molecule has 2 N–H and O–H groups in total. The minimum absolute atomic E-state index is 0.125. The summed E-state index contributed by atoms with van der Waals surface area (Å²) in [4.78, 5) is 4.28. The Morgan fingerprint density at radius 1 is 1.57 bits per heavy atom. The Morgan fingerprint density at radius 3 is 3.07 bits per heavy atom. The monoisotopic (exact) mass is 192 g/mol. The fraction of sp³-hybridized carbons (Fsp3) is 0.500. The number of nitrogens with two attached hydrogens (primary N) is 1. The second-order valence-electron chi connectivity index (χ2n) is 3.17. The molecule has 1 atom stereocenters. The van der Waals surface area contributed by atoms with Crippen LogP contribution in [0.4, 0.5) is 0 Å². The third kappa shape index (κ3) is 1.33. The van der Waals surface area contributed by atoms with Gasteiger partial charge in [-0.2, -0.15) is 4.52 Å². The summed E-state index contributed by atoms with van der Waals surface area (Å²) in [6, 6.07) is -0.125. The van der Waals surface area contributed by atoms with E-state index in [1.54, 1.807) is 10.8 Å². The van der Waals surface area contributed by atoms with Gasteiger partial charge in [0, 0.05) is 0 Å². The molecule has 0 fully saturated rings. The van der Waals surface area contributed by atoms with E-state index in [-0.39, 0.29) is 6.04 Å². The smallest absolute Gasteiger partial charge is 0.198 e. The first-order valence-electron chi connectivity index (χ1n) is 4.52. The normalized spacial score (nSPS) is 13.4. The number of nitrogens with zero attached hydrogens (tertiary/aromatic N) is 5. The first-order chi connectivity index (χ1) is 6.72. The second kappa shape index (κ2) is 3.30. The molecule has 2 heterocycles. The van der Waals surface area contributed by atoms with E-state index in [2.05, 4.69) is 20.3 Å². The zero-order valence-electron chi connectivity index (χ0n) is 8.18. The van der Waals surface area contributed by atoms with Crippen LogP contribution in [0.15, 0.2) is 6.33 Å². The number of aryl methyl sites for hydroxylation is 1. The number of hydrogen-bond donors (Lipinski definition) is 1. The minimum atomic E-state index is -0.125. The van der Waals surface area contributed by atoms with Crippen LogP contribution < -0.4 is 5.73 Å². The lowest BCUT2D eigenvalue weighted by molar-refractivity contribution is 0.620. The third-order valence-corrected chi connectivity index (χ3v) is 2.12. The molecule has 2 rings (SSSR count). The molecule has 0 amide bonds. The summed E-state index contributed by atoms with van der Waals surface area (Å²) >= 11 is 0. The Balaban J connectivity index is 2.58. The molecule has 2 aromatic heterocycles. The van der Waals surface area contributed by atoms with Gasteiger partial charge in [-0.3, -0.25) is 0 Å². The standard InChI is InChI=1S/C8H12N6/c1-3-6(9)7-11-5(2)8-12-10-4-14(8)13-7/h4,6H,3,9H2,1-2H3. The molecule has 0 aliphatic carbocycles. The Bertz CT molecular complexity index is 448. The highest BCUT2D eigenvalue weighted by molar-refractivity contribution is 5.39. The van der Waals surface area contributed by atoms with Crippen molar-refractivity contribution in [3.8, 4) is 0 Å². The zero-order valence-corrected chi connectivity index (χ0v) is 8.18. The Kier molecular flexibility index (Phi) is 2.12. The van der Waals surface area contributed by atoms with Crippen LogP contribution in [-0.4, -0.2) is 24.8 Å². The van der Waals surface area contributed by atoms with E-state index in [1.807, 2.05) is 13.8 Å². The van der Waals surface area contributed by atoms with Crippen LogP contribution in [0.25, 0.3) is 5.65 Å². The predicted octanol–water partition coefficient (Wildman–Crippen LogP) is 0.238. The summed E-state index contributed by atoms with van der Waals surface area (Å²) in [5, 5.41) is 11.9. The highest BCUT2D eigenvalue weighted by Gasteiger charge is 2.10. The van der Waals surface area contributed by atoms with Crippen molar-refractivity contribution in [2.45, 2.75) is 26.3 Å². The average molecular weight is 192 g/mol. The van der Waals surface area contributed by atoms with Crippen LogP contribution in [-0.2, 0) is 0 Å². The summed E-state index contributed by atoms with van der Waals surface area (Å²) in [6.07, 6.45) is 2.36. The van der Waals surface area contributed by atoms with Crippen LogP contribution in [0.2, 0.25) is 0 Å². The van der Waals surface area contributed by atoms with E-state index >= 15 is 0 Å². The van der Waals surface area contributed by atoms with Crippen molar-refractivity contribution in [2.24, 2.45) is 5.73 Å². The van der Waals surface area contributed by atoms with Crippen molar-refractivity contribution in [3.05, 3.63) is 17.8 Å². The summed E-state index contributed by atoms with van der Waals surface area (Å²) < 4.78 is 1.60. The molecule has 0 aromatic carbocycles. The fourth-order valence-electron chi connectivity index (χ4n) is 1.24. The Hall–Kier alpha value is -1.56. The van der Waals surface area contributed by atoms with Gasteiger partial charge in [0.05, 0.1) is 11.7 Å². The molecule has 0 aliphatic rings. The van der Waals surface area contributed by atoms with Crippen molar-refractivity contribution < 1.29 is 0 Å². The van der Waals surface area contributed by atoms with Gasteiger partial charge in [-0.15, -0.1) is 15.3 Å². The lowest BCUT2D eigenvalue weighted by atomic mass is 10.2. The maximum absolute atomic E-state index is 5.84. The van der Waals surface area contributed by atoms with Gasteiger partial charge in [0.1, 0.15) is 6.33 Å². The van der Waals surface area contributed by atoms with Gasteiger partial charge in [-0.25, -0.2) is 4.98 Å².